The molecule has 0 saturated carbocycles. The van der Waals surface area contributed by atoms with Crippen molar-refractivity contribution in [1.82, 2.24) is 4.57 Å². The molecule has 2 N–H and O–H groups in total. The molecule has 0 bridgehead atoms. The molecule has 0 fully saturated rings. The normalized spacial score (nSPS) is 11.3. The van der Waals surface area contributed by atoms with E-state index in [2.05, 4.69) is 4.72 Å². The van der Waals surface area contributed by atoms with Crippen LogP contribution < -0.4 is 10.3 Å². The Morgan fingerprint density at radius 2 is 2.05 bits per heavy atom. The summed E-state index contributed by atoms with van der Waals surface area (Å²) in [4.78, 5) is 21.8. The van der Waals surface area contributed by atoms with Crippen molar-refractivity contribution in [2.45, 2.75) is 11.8 Å². The van der Waals surface area contributed by atoms with Gasteiger partial charge in [-0.05, 0) is 13.0 Å². The molecule has 112 valence electrons. The number of aromatic carboxylic acids is 1. The number of pyridine rings is 1. The maximum Gasteiger partial charge on any atom is 0.371 e. The van der Waals surface area contributed by atoms with Gasteiger partial charge in [0.1, 0.15) is 10.7 Å². The van der Waals surface area contributed by atoms with E-state index >= 15 is 0 Å². The lowest BCUT2D eigenvalue weighted by Crippen LogP contribution is -2.18. The maximum absolute atomic E-state index is 12.2. The van der Waals surface area contributed by atoms with Gasteiger partial charge in [0.05, 0.1) is 5.69 Å². The van der Waals surface area contributed by atoms with Crippen LogP contribution in [0.4, 0.5) is 5.69 Å². The van der Waals surface area contributed by atoms with Crippen LogP contribution in [0.3, 0.4) is 0 Å². The minimum Gasteiger partial charge on any atom is -0.475 e. The van der Waals surface area contributed by atoms with Gasteiger partial charge in [0, 0.05) is 25.4 Å². The van der Waals surface area contributed by atoms with E-state index in [0.29, 0.717) is 0 Å². The van der Waals surface area contributed by atoms with E-state index in [4.69, 9.17) is 9.52 Å². The Morgan fingerprint density at radius 1 is 1.38 bits per heavy atom. The number of aryl methyl sites for hydroxylation is 2. The van der Waals surface area contributed by atoms with E-state index in [1.807, 2.05) is 0 Å². The SMILES string of the molecule is Cc1oc(C(=O)O)cc1S(=O)(=O)Nc1ccc(=O)n(C)c1. The van der Waals surface area contributed by atoms with Gasteiger partial charge in [-0.2, -0.15) is 0 Å². The molecule has 21 heavy (non-hydrogen) atoms. The number of hydrogen-bond donors (Lipinski definition) is 2. The molecule has 9 heteroatoms. The second-order valence-electron chi connectivity index (χ2n) is 4.31. The van der Waals surface area contributed by atoms with Crippen molar-refractivity contribution in [1.29, 1.82) is 0 Å². The minimum absolute atomic E-state index is 0.0373. The molecule has 0 aliphatic heterocycles. The van der Waals surface area contributed by atoms with Crippen LogP contribution in [0.5, 0.6) is 0 Å². The summed E-state index contributed by atoms with van der Waals surface area (Å²) in [7, 11) is -2.53. The number of carboxylic acid groups (broad SMARTS) is 1. The third-order valence-electron chi connectivity index (χ3n) is 2.71. The van der Waals surface area contributed by atoms with Crippen LogP contribution in [0.2, 0.25) is 0 Å². The summed E-state index contributed by atoms with van der Waals surface area (Å²) in [5, 5.41) is 8.80. The predicted molar refractivity (Wildman–Crippen MR) is 72.9 cm³/mol. The summed E-state index contributed by atoms with van der Waals surface area (Å²) >= 11 is 0. The van der Waals surface area contributed by atoms with Gasteiger partial charge < -0.3 is 14.1 Å². The molecule has 2 heterocycles. The van der Waals surface area contributed by atoms with Crippen LogP contribution in [-0.4, -0.2) is 24.1 Å². The van der Waals surface area contributed by atoms with Crippen molar-refractivity contribution in [3.05, 3.63) is 46.3 Å². The Hall–Kier alpha value is -2.55. The van der Waals surface area contributed by atoms with E-state index < -0.39 is 21.8 Å². The van der Waals surface area contributed by atoms with Gasteiger partial charge >= 0.3 is 5.97 Å². The Bertz CT molecular complexity index is 862. The summed E-state index contributed by atoms with van der Waals surface area (Å²) in [6.07, 6.45) is 1.31. The summed E-state index contributed by atoms with van der Waals surface area (Å²) in [6.45, 7) is 1.35. The summed E-state index contributed by atoms with van der Waals surface area (Å²) in [5.41, 5.74) is -0.111. The second kappa shape index (κ2) is 5.09. The fourth-order valence-electron chi connectivity index (χ4n) is 1.70. The van der Waals surface area contributed by atoms with Crippen LogP contribution in [0.15, 0.2) is 38.5 Å². The Labute approximate surface area is 119 Å². The van der Waals surface area contributed by atoms with E-state index in [-0.39, 0.29) is 21.9 Å². The van der Waals surface area contributed by atoms with Crippen molar-refractivity contribution in [2.75, 3.05) is 4.72 Å². The highest BCUT2D eigenvalue weighted by molar-refractivity contribution is 7.92. The first-order chi connectivity index (χ1) is 9.70. The van der Waals surface area contributed by atoms with Gasteiger partial charge in [0.15, 0.2) is 0 Å². The summed E-state index contributed by atoms with van der Waals surface area (Å²) in [6, 6.07) is 3.46. The predicted octanol–water partition coefficient (Wildman–Crippen LogP) is 0.786. The number of hydrogen-bond acceptors (Lipinski definition) is 5. The number of nitrogens with zero attached hydrogens (tertiary/aromatic N) is 1. The van der Waals surface area contributed by atoms with Crippen LogP contribution in [-0.2, 0) is 17.1 Å². The van der Waals surface area contributed by atoms with Gasteiger partial charge in [0.2, 0.25) is 11.3 Å². The molecule has 0 atom stereocenters. The zero-order valence-corrected chi connectivity index (χ0v) is 12.0. The molecule has 0 amide bonds. The summed E-state index contributed by atoms with van der Waals surface area (Å²) < 4.78 is 32.7. The molecule has 8 nitrogen and oxygen atoms in total. The van der Waals surface area contributed by atoms with E-state index in [0.717, 1.165) is 6.07 Å². The van der Waals surface area contributed by atoms with Gasteiger partial charge in [-0.15, -0.1) is 0 Å². The number of aromatic nitrogens is 1. The highest BCUT2D eigenvalue weighted by Gasteiger charge is 2.24. The van der Waals surface area contributed by atoms with E-state index in [9.17, 15) is 18.0 Å². The lowest BCUT2D eigenvalue weighted by molar-refractivity contribution is 0.0661. The largest absolute Gasteiger partial charge is 0.475 e. The molecule has 0 unspecified atom stereocenters. The van der Waals surface area contributed by atoms with Gasteiger partial charge in [-0.25, -0.2) is 13.2 Å². The van der Waals surface area contributed by atoms with Crippen molar-refractivity contribution in [2.24, 2.45) is 7.05 Å². The molecule has 0 spiro atoms. The fourth-order valence-corrected chi connectivity index (χ4v) is 2.93. The van der Waals surface area contributed by atoms with Crippen molar-refractivity contribution >= 4 is 21.7 Å². The van der Waals surface area contributed by atoms with E-state index in [1.54, 1.807) is 0 Å². The van der Waals surface area contributed by atoms with Crippen molar-refractivity contribution < 1.29 is 22.7 Å². The molecule has 0 radical (unpaired) electrons. The second-order valence-corrected chi connectivity index (χ2v) is 5.96. The molecule has 2 aromatic heterocycles. The van der Waals surface area contributed by atoms with Crippen molar-refractivity contribution in [3.63, 3.8) is 0 Å². The molecule has 0 aliphatic carbocycles. The molecule has 0 saturated heterocycles. The number of sulfonamides is 1. The zero-order valence-electron chi connectivity index (χ0n) is 11.2. The Balaban J connectivity index is 2.40. The average molecular weight is 312 g/mol. The Morgan fingerprint density at radius 3 is 2.57 bits per heavy atom. The molecule has 2 aromatic rings. The monoisotopic (exact) mass is 312 g/mol. The first kappa shape index (κ1) is 14.9. The highest BCUT2D eigenvalue weighted by Crippen LogP contribution is 2.22. The topological polar surface area (TPSA) is 119 Å². The molecular formula is C12H12N2O6S. The zero-order chi connectivity index (χ0) is 15.8. The first-order valence-electron chi connectivity index (χ1n) is 5.74. The number of carbonyl (C=O) groups is 1. The number of carboxylic acids is 1. The smallest absolute Gasteiger partial charge is 0.371 e. The summed E-state index contributed by atoms with van der Waals surface area (Å²) in [5.74, 6) is -1.86. The van der Waals surface area contributed by atoms with Crippen LogP contribution >= 0.6 is 0 Å². The quantitative estimate of drug-likeness (QED) is 0.861. The van der Waals surface area contributed by atoms with Crippen LogP contribution in [0.25, 0.3) is 0 Å². The van der Waals surface area contributed by atoms with Gasteiger partial charge in [-0.3, -0.25) is 9.52 Å². The lowest BCUT2D eigenvalue weighted by atomic mass is 10.4. The molecule has 0 aliphatic rings. The van der Waals surface area contributed by atoms with Crippen LogP contribution in [0, 0.1) is 6.92 Å². The Kier molecular flexibility index (Phi) is 3.60. The lowest BCUT2D eigenvalue weighted by Gasteiger charge is -2.07. The molecular weight excluding hydrogens is 300 g/mol. The number of nitrogens with one attached hydrogen (secondary N) is 1. The third kappa shape index (κ3) is 2.97. The number of furan rings is 1. The van der Waals surface area contributed by atoms with Crippen molar-refractivity contribution in [3.8, 4) is 0 Å². The minimum atomic E-state index is -4.01. The maximum atomic E-state index is 12.2. The highest BCUT2D eigenvalue weighted by atomic mass is 32.2. The van der Waals surface area contributed by atoms with Gasteiger partial charge in [-0.1, -0.05) is 0 Å². The van der Waals surface area contributed by atoms with Gasteiger partial charge in [0.25, 0.3) is 10.0 Å². The standard InChI is InChI=1S/C12H12N2O6S/c1-7-10(5-9(20-7)12(16)17)21(18,19)13-8-3-4-11(15)14(2)6-8/h3-6,13H,1-2H3,(H,16,17). The molecule has 0 aromatic carbocycles. The average Bonchev–Trinajstić information content (AvgIpc) is 2.77. The number of rotatable bonds is 4. The fraction of sp³-hybridized carbons (Fsp3) is 0.167. The third-order valence-corrected chi connectivity index (χ3v) is 4.20. The first-order valence-corrected chi connectivity index (χ1v) is 7.22. The number of anilines is 1. The van der Waals surface area contributed by atoms with Crippen LogP contribution in [0.1, 0.15) is 16.3 Å². The van der Waals surface area contributed by atoms with E-state index in [1.165, 1.54) is 36.9 Å². The molecule has 2 rings (SSSR count).